The zero-order chi connectivity index (χ0) is 36.8. The standard InChI is InChI=1S/C30H40N8O10S2/c1-28(2)22(25(40)38(28)48-50(43,44)45)35-24(39)21(18-14-49-27(33)34-18)37-47-30(4,26(41)42)20-8-6-15-13-16(5-7-19(15)46-20)23(32)36-29(3)11-9-17(31)10-12-29/h5,7,13-14,17,20,22H,6,8-12,31H2,1-4H3,(H2,32,36)(H2,33,34)(H,35,39)(H,41,42)(H,43,44,45)/b37-21-/t17-,20-,22-,29+,30+/m1/s1. The van der Waals surface area contributed by atoms with Crippen LogP contribution < -0.4 is 26.8 Å². The van der Waals surface area contributed by atoms with Crippen LogP contribution >= 0.6 is 11.3 Å². The largest absolute Gasteiger partial charge is 0.485 e. The van der Waals surface area contributed by atoms with Gasteiger partial charge in [0.25, 0.3) is 17.4 Å². The van der Waals surface area contributed by atoms with Crippen LogP contribution in [0.1, 0.15) is 76.6 Å². The van der Waals surface area contributed by atoms with Gasteiger partial charge in [0, 0.05) is 22.5 Å². The number of nitrogens with zero attached hydrogens (tertiary/aromatic N) is 3. The molecule has 2 fully saturated rings. The van der Waals surface area contributed by atoms with E-state index in [1.54, 1.807) is 12.1 Å². The lowest BCUT2D eigenvalue weighted by Crippen LogP contribution is -2.76. The predicted octanol–water partition coefficient (Wildman–Crippen LogP) is 1.10. The molecule has 3 atom stereocenters. The molecule has 1 aromatic carbocycles. The fourth-order valence-corrected chi connectivity index (χ4v) is 7.11. The Morgan fingerprint density at radius 1 is 1.24 bits per heavy atom. The Morgan fingerprint density at radius 2 is 1.92 bits per heavy atom. The molecule has 1 saturated heterocycles. The molecule has 2 aliphatic heterocycles. The lowest BCUT2D eigenvalue weighted by Gasteiger charge is -2.50. The molecule has 50 heavy (non-hydrogen) atoms. The van der Waals surface area contributed by atoms with Gasteiger partial charge in [-0.1, -0.05) is 5.16 Å². The Labute approximate surface area is 291 Å². The van der Waals surface area contributed by atoms with Crippen LogP contribution in [0.25, 0.3) is 0 Å². The Balaban J connectivity index is 1.33. The van der Waals surface area contributed by atoms with Gasteiger partial charge >= 0.3 is 16.4 Å². The number of carbonyl (C=O) groups excluding carboxylic acids is 2. The quantitative estimate of drug-likeness (QED) is 0.0559. The second-order valence-electron chi connectivity index (χ2n) is 13.6. The number of amidine groups is 1. The molecule has 0 spiro atoms. The third-order valence-corrected chi connectivity index (χ3v) is 10.3. The summed E-state index contributed by atoms with van der Waals surface area (Å²) >= 11 is 0.963. The normalized spacial score (nSPS) is 26.0. The van der Waals surface area contributed by atoms with Crippen LogP contribution in [-0.4, -0.2) is 92.3 Å². The SMILES string of the molecule is CC1(C)[C@H](NC(=O)/C(=N\O[C@](C)(C(=O)O)[C@H]2CCc3cc(C(=N)N[C@]4(C)CC[C@H](N)CC4)ccc3O2)c2csc(N)n2)C(=O)N1OS(=O)(=O)O. The number of aliphatic carboxylic acids is 1. The number of carboxylic acid groups (broad SMARTS) is 1. The highest BCUT2D eigenvalue weighted by Crippen LogP contribution is 2.36. The minimum atomic E-state index is -5.03. The number of hydroxylamine groups is 2. The van der Waals surface area contributed by atoms with Crippen molar-refractivity contribution in [3.63, 3.8) is 0 Å². The number of nitrogens with two attached hydrogens (primary N) is 2. The number of rotatable bonds is 11. The number of thiazole rings is 1. The van der Waals surface area contributed by atoms with Gasteiger partial charge in [0.05, 0.1) is 5.54 Å². The van der Waals surface area contributed by atoms with Crippen LogP contribution in [0.5, 0.6) is 5.75 Å². The van der Waals surface area contributed by atoms with Gasteiger partial charge < -0.3 is 36.8 Å². The minimum absolute atomic E-state index is 0.0567. The first-order valence-corrected chi connectivity index (χ1v) is 17.9. The third kappa shape index (κ3) is 7.53. The first-order chi connectivity index (χ1) is 23.2. The molecule has 1 aliphatic carbocycles. The van der Waals surface area contributed by atoms with E-state index in [4.69, 9.17) is 31.0 Å². The first kappa shape index (κ1) is 36.9. The average Bonchev–Trinajstić information content (AvgIpc) is 3.48. The highest BCUT2D eigenvalue weighted by Gasteiger charge is 2.58. The van der Waals surface area contributed by atoms with Crippen molar-refractivity contribution >= 4 is 56.2 Å². The number of hydrogen-bond acceptors (Lipinski definition) is 14. The van der Waals surface area contributed by atoms with Gasteiger partial charge in [-0.25, -0.2) is 9.78 Å². The highest BCUT2D eigenvalue weighted by molar-refractivity contribution is 7.80. The molecule has 0 unspecified atom stereocenters. The third-order valence-electron chi connectivity index (χ3n) is 9.32. The number of anilines is 1. The van der Waals surface area contributed by atoms with Gasteiger partial charge in [-0.05, 0) is 90.0 Å². The van der Waals surface area contributed by atoms with E-state index in [2.05, 4.69) is 32.0 Å². The Bertz CT molecular complexity index is 1840. The molecule has 3 aliphatic rings. The van der Waals surface area contributed by atoms with E-state index < -0.39 is 57.2 Å². The van der Waals surface area contributed by atoms with Gasteiger partial charge in [-0.2, -0.15) is 13.5 Å². The summed E-state index contributed by atoms with van der Waals surface area (Å²) in [6.07, 6.45) is 2.95. The van der Waals surface area contributed by atoms with E-state index in [-0.39, 0.29) is 34.7 Å². The Morgan fingerprint density at radius 3 is 2.50 bits per heavy atom. The number of nitrogens with one attached hydrogen (secondary N) is 3. The number of aryl methyl sites for hydroxylation is 1. The summed E-state index contributed by atoms with van der Waals surface area (Å²) in [7, 11) is -5.03. The van der Waals surface area contributed by atoms with E-state index in [0.29, 0.717) is 22.8 Å². The number of aromatic nitrogens is 1. The number of benzene rings is 1. The van der Waals surface area contributed by atoms with E-state index in [1.165, 1.54) is 26.2 Å². The molecule has 20 heteroatoms. The second-order valence-corrected chi connectivity index (χ2v) is 15.5. The number of amides is 2. The molecule has 3 heterocycles. The molecule has 5 rings (SSSR count). The predicted molar refractivity (Wildman–Crippen MR) is 180 cm³/mol. The maximum absolute atomic E-state index is 13.5. The number of nitrogen functional groups attached to an aromatic ring is 1. The zero-order valence-corrected chi connectivity index (χ0v) is 29.4. The van der Waals surface area contributed by atoms with Gasteiger partial charge in [0.2, 0.25) is 0 Å². The summed E-state index contributed by atoms with van der Waals surface area (Å²) < 4.78 is 41.8. The average molecular weight is 737 g/mol. The number of β-lactam (4-membered cyclic amide) rings is 1. The lowest BCUT2D eigenvalue weighted by atomic mass is 9.81. The van der Waals surface area contributed by atoms with Gasteiger partial charge in [0.15, 0.2) is 16.9 Å². The van der Waals surface area contributed by atoms with E-state index >= 15 is 0 Å². The van der Waals surface area contributed by atoms with E-state index in [0.717, 1.165) is 42.6 Å². The monoisotopic (exact) mass is 736 g/mol. The van der Waals surface area contributed by atoms with Crippen molar-refractivity contribution in [3.05, 3.63) is 40.4 Å². The molecule has 1 saturated carbocycles. The fourth-order valence-electron chi connectivity index (χ4n) is 6.10. The fraction of sp³-hybridized carbons (Fsp3) is 0.533. The molecule has 0 radical (unpaired) electrons. The first-order valence-electron chi connectivity index (χ1n) is 15.7. The van der Waals surface area contributed by atoms with Crippen molar-refractivity contribution in [2.75, 3.05) is 5.73 Å². The molecule has 1 aromatic heterocycles. The number of carbonyl (C=O) groups is 3. The summed E-state index contributed by atoms with van der Waals surface area (Å²) in [5, 5.41) is 30.4. The van der Waals surface area contributed by atoms with Gasteiger partial charge in [-0.15, -0.1) is 15.6 Å². The molecule has 18 nitrogen and oxygen atoms in total. The smallest absolute Gasteiger partial charge is 0.418 e. The molecule has 2 amide bonds. The van der Waals surface area contributed by atoms with Crippen molar-refractivity contribution in [1.82, 2.24) is 20.7 Å². The summed E-state index contributed by atoms with van der Waals surface area (Å²) in [5.74, 6) is -2.79. The lowest BCUT2D eigenvalue weighted by molar-refractivity contribution is -0.218. The van der Waals surface area contributed by atoms with Crippen LogP contribution in [0, 0.1) is 5.41 Å². The summed E-state index contributed by atoms with van der Waals surface area (Å²) in [4.78, 5) is 48.4. The van der Waals surface area contributed by atoms with Crippen LogP contribution in [0.2, 0.25) is 0 Å². The van der Waals surface area contributed by atoms with Crippen LogP contribution in [0.4, 0.5) is 5.13 Å². The number of fused-ring (bicyclic) bond motifs is 1. The summed E-state index contributed by atoms with van der Waals surface area (Å²) in [5.41, 5.74) is 8.83. The number of hydrogen-bond donors (Lipinski definition) is 7. The van der Waals surface area contributed by atoms with Gasteiger partial charge in [-0.3, -0.25) is 19.6 Å². The maximum Gasteiger partial charge on any atom is 0.418 e. The molecule has 2 aromatic rings. The molecule has 9 N–H and O–H groups in total. The molecule has 272 valence electrons. The Hall–Kier alpha value is -4.37. The second kappa shape index (κ2) is 13.4. The van der Waals surface area contributed by atoms with E-state index in [9.17, 15) is 27.9 Å². The minimum Gasteiger partial charge on any atom is -0.485 e. The van der Waals surface area contributed by atoms with Crippen LogP contribution in [-0.2, 0) is 40.3 Å². The maximum atomic E-state index is 13.5. The Kier molecular flexibility index (Phi) is 9.89. The van der Waals surface area contributed by atoms with Crippen LogP contribution in [0.3, 0.4) is 0 Å². The van der Waals surface area contributed by atoms with Crippen LogP contribution in [0.15, 0.2) is 28.7 Å². The number of ether oxygens (including phenoxy) is 1. The van der Waals surface area contributed by atoms with Crippen molar-refractivity contribution < 1.29 is 46.3 Å². The molecular weight excluding hydrogens is 697 g/mol. The van der Waals surface area contributed by atoms with Crippen molar-refractivity contribution in [2.24, 2.45) is 10.9 Å². The topological polar surface area (TPSA) is 282 Å². The van der Waals surface area contributed by atoms with E-state index in [1.807, 2.05) is 6.07 Å². The van der Waals surface area contributed by atoms with Gasteiger partial charge in [0.1, 0.15) is 23.3 Å². The number of carboxylic acids is 1. The highest BCUT2D eigenvalue weighted by atomic mass is 32.3. The summed E-state index contributed by atoms with van der Waals surface area (Å²) in [6, 6.07) is 4.04. The van der Waals surface area contributed by atoms with Crippen molar-refractivity contribution in [3.8, 4) is 5.75 Å². The van der Waals surface area contributed by atoms with Crippen molar-refractivity contribution in [1.29, 1.82) is 5.41 Å². The molecular formula is C30H40N8O10S2. The molecule has 0 bridgehead atoms. The number of oxime groups is 1. The van der Waals surface area contributed by atoms with Crippen molar-refractivity contribution in [2.45, 2.75) is 101 Å². The zero-order valence-electron chi connectivity index (χ0n) is 27.8. The summed E-state index contributed by atoms with van der Waals surface area (Å²) in [6.45, 7) is 6.06.